The van der Waals surface area contributed by atoms with Crippen LogP contribution in [-0.4, -0.2) is 29.4 Å². The summed E-state index contributed by atoms with van der Waals surface area (Å²) in [6.45, 7) is 2.10. The van der Waals surface area contributed by atoms with E-state index in [2.05, 4.69) is 10.5 Å². The van der Waals surface area contributed by atoms with Crippen molar-refractivity contribution >= 4 is 17.6 Å². The number of rotatable bonds is 7. The van der Waals surface area contributed by atoms with Crippen molar-refractivity contribution in [2.45, 2.75) is 26.2 Å². The van der Waals surface area contributed by atoms with Gasteiger partial charge >= 0.3 is 0 Å². The molecule has 0 aromatic rings. The molecule has 0 radical (unpaired) electrons. The molecule has 0 aliphatic carbocycles. The Morgan fingerprint density at radius 3 is 2.50 bits per heavy atom. The lowest BCUT2D eigenvalue weighted by Crippen LogP contribution is -2.39. The zero-order chi connectivity index (χ0) is 12.6. The van der Waals surface area contributed by atoms with Crippen LogP contribution in [0.3, 0.4) is 0 Å². The van der Waals surface area contributed by atoms with Gasteiger partial charge in [0, 0.05) is 13.0 Å². The van der Waals surface area contributed by atoms with Crippen LogP contribution in [0.2, 0.25) is 0 Å². The van der Waals surface area contributed by atoms with Crippen LogP contribution in [0.1, 0.15) is 26.2 Å². The summed E-state index contributed by atoms with van der Waals surface area (Å²) in [7, 11) is 0. The maximum atomic E-state index is 11.5. The second kappa shape index (κ2) is 7.49. The number of amidine groups is 1. The summed E-state index contributed by atoms with van der Waals surface area (Å²) in [5.41, 5.74) is 10.3. The van der Waals surface area contributed by atoms with Gasteiger partial charge in [-0.25, -0.2) is 0 Å². The van der Waals surface area contributed by atoms with E-state index in [0.717, 1.165) is 0 Å². The van der Waals surface area contributed by atoms with Gasteiger partial charge in [0.2, 0.25) is 11.8 Å². The highest BCUT2D eigenvalue weighted by Gasteiger charge is 2.20. The Morgan fingerprint density at radius 1 is 1.44 bits per heavy atom. The molecular weight excluding hydrogens is 212 g/mol. The SMILES string of the molecule is CCC(C(=O)NCCCC(N)=O)C(N)=NO. The van der Waals surface area contributed by atoms with Gasteiger partial charge in [0.05, 0.1) is 5.92 Å². The van der Waals surface area contributed by atoms with Gasteiger partial charge in [0.15, 0.2) is 5.84 Å². The molecule has 0 aliphatic rings. The molecule has 2 amide bonds. The molecule has 1 unspecified atom stereocenters. The average Bonchev–Trinajstić information content (AvgIpc) is 2.24. The van der Waals surface area contributed by atoms with E-state index in [1.807, 2.05) is 0 Å². The molecule has 0 aromatic carbocycles. The van der Waals surface area contributed by atoms with E-state index in [1.165, 1.54) is 0 Å². The molecular formula is C9H18N4O3. The predicted octanol–water partition coefficient (Wildman–Crippen LogP) is -0.859. The Kier molecular flexibility index (Phi) is 6.66. The van der Waals surface area contributed by atoms with Crippen molar-refractivity contribution in [3.8, 4) is 0 Å². The minimum Gasteiger partial charge on any atom is -0.409 e. The van der Waals surface area contributed by atoms with E-state index < -0.39 is 11.8 Å². The first-order valence-electron chi connectivity index (χ1n) is 5.06. The number of carbonyl (C=O) groups is 2. The van der Waals surface area contributed by atoms with Crippen molar-refractivity contribution in [1.82, 2.24) is 5.32 Å². The van der Waals surface area contributed by atoms with Gasteiger partial charge in [0.25, 0.3) is 0 Å². The number of nitrogens with one attached hydrogen (secondary N) is 1. The highest BCUT2D eigenvalue weighted by molar-refractivity contribution is 6.01. The summed E-state index contributed by atoms with van der Waals surface area (Å²) in [5, 5.41) is 13.8. The Bertz CT molecular complexity index is 278. The zero-order valence-corrected chi connectivity index (χ0v) is 9.27. The fraction of sp³-hybridized carbons (Fsp3) is 0.667. The van der Waals surface area contributed by atoms with Crippen molar-refractivity contribution in [1.29, 1.82) is 0 Å². The molecule has 0 fully saturated rings. The lowest BCUT2D eigenvalue weighted by Gasteiger charge is -2.12. The number of nitrogens with two attached hydrogens (primary N) is 2. The Hall–Kier alpha value is -1.79. The lowest BCUT2D eigenvalue weighted by molar-refractivity contribution is -0.123. The van der Waals surface area contributed by atoms with Crippen LogP contribution in [0.5, 0.6) is 0 Å². The number of carbonyl (C=O) groups excluding carboxylic acids is 2. The van der Waals surface area contributed by atoms with Crippen LogP contribution in [0.4, 0.5) is 0 Å². The quantitative estimate of drug-likeness (QED) is 0.149. The van der Waals surface area contributed by atoms with Crippen LogP contribution in [0, 0.1) is 5.92 Å². The smallest absolute Gasteiger partial charge is 0.230 e. The van der Waals surface area contributed by atoms with Crippen LogP contribution in [0.15, 0.2) is 5.16 Å². The number of oxime groups is 1. The molecule has 7 nitrogen and oxygen atoms in total. The normalized spacial score (nSPS) is 13.2. The van der Waals surface area contributed by atoms with Crippen LogP contribution in [-0.2, 0) is 9.59 Å². The predicted molar refractivity (Wildman–Crippen MR) is 58.6 cm³/mol. The van der Waals surface area contributed by atoms with Crippen molar-refractivity contribution in [2.24, 2.45) is 22.5 Å². The largest absolute Gasteiger partial charge is 0.409 e. The number of hydrogen-bond donors (Lipinski definition) is 4. The van der Waals surface area contributed by atoms with Gasteiger partial charge in [0.1, 0.15) is 0 Å². The maximum Gasteiger partial charge on any atom is 0.230 e. The first kappa shape index (κ1) is 14.2. The number of nitrogens with zero attached hydrogens (tertiary/aromatic N) is 1. The lowest BCUT2D eigenvalue weighted by atomic mass is 10.0. The molecule has 0 spiro atoms. The minimum absolute atomic E-state index is 0.116. The van der Waals surface area contributed by atoms with Crippen LogP contribution >= 0.6 is 0 Å². The van der Waals surface area contributed by atoms with Crippen LogP contribution in [0.25, 0.3) is 0 Å². The standard InChI is InChI=1S/C9H18N4O3/c1-2-6(8(11)13-16)9(15)12-5-3-4-7(10)14/h6,16H,2-5H2,1H3,(H2,10,14)(H2,11,13)(H,12,15). The van der Waals surface area contributed by atoms with Gasteiger partial charge in [-0.1, -0.05) is 12.1 Å². The molecule has 0 rings (SSSR count). The van der Waals surface area contributed by atoms with Crippen molar-refractivity contribution in [3.05, 3.63) is 0 Å². The topological polar surface area (TPSA) is 131 Å². The molecule has 92 valence electrons. The molecule has 0 saturated heterocycles. The van der Waals surface area contributed by atoms with Crippen molar-refractivity contribution in [3.63, 3.8) is 0 Å². The second-order valence-electron chi connectivity index (χ2n) is 3.35. The average molecular weight is 230 g/mol. The zero-order valence-electron chi connectivity index (χ0n) is 9.27. The number of primary amides is 1. The third-order valence-electron chi connectivity index (χ3n) is 2.10. The monoisotopic (exact) mass is 230 g/mol. The van der Waals surface area contributed by atoms with Crippen LogP contribution < -0.4 is 16.8 Å². The summed E-state index contributed by atoms with van der Waals surface area (Å²) in [5.74, 6) is -1.48. The Balaban J connectivity index is 3.99. The Labute approximate surface area is 93.9 Å². The summed E-state index contributed by atoms with van der Waals surface area (Å²) < 4.78 is 0. The third kappa shape index (κ3) is 5.18. The van der Waals surface area contributed by atoms with Gasteiger partial charge in [-0.05, 0) is 12.8 Å². The first-order chi connectivity index (χ1) is 7.52. The number of amides is 2. The molecule has 6 N–H and O–H groups in total. The molecule has 16 heavy (non-hydrogen) atoms. The molecule has 0 aliphatic heterocycles. The second-order valence-corrected chi connectivity index (χ2v) is 3.35. The van der Waals surface area contributed by atoms with E-state index in [0.29, 0.717) is 19.4 Å². The molecule has 7 heteroatoms. The fourth-order valence-electron chi connectivity index (χ4n) is 1.20. The van der Waals surface area contributed by atoms with Crippen molar-refractivity contribution < 1.29 is 14.8 Å². The van der Waals surface area contributed by atoms with E-state index >= 15 is 0 Å². The summed E-state index contributed by atoms with van der Waals surface area (Å²) in [6, 6.07) is 0. The van der Waals surface area contributed by atoms with Gasteiger partial charge in [-0.2, -0.15) is 0 Å². The van der Waals surface area contributed by atoms with Gasteiger partial charge < -0.3 is 22.0 Å². The highest BCUT2D eigenvalue weighted by atomic mass is 16.4. The molecule has 1 atom stereocenters. The maximum absolute atomic E-state index is 11.5. The fourth-order valence-corrected chi connectivity index (χ4v) is 1.20. The summed E-state index contributed by atoms with van der Waals surface area (Å²) >= 11 is 0. The molecule has 0 aromatic heterocycles. The first-order valence-corrected chi connectivity index (χ1v) is 5.06. The third-order valence-corrected chi connectivity index (χ3v) is 2.10. The number of hydrogen-bond acceptors (Lipinski definition) is 4. The molecule has 0 bridgehead atoms. The Morgan fingerprint density at radius 2 is 2.06 bits per heavy atom. The van der Waals surface area contributed by atoms with E-state index in [9.17, 15) is 9.59 Å². The highest BCUT2D eigenvalue weighted by Crippen LogP contribution is 2.02. The minimum atomic E-state index is -0.640. The summed E-state index contributed by atoms with van der Waals surface area (Å²) in [6.07, 6.45) is 1.14. The van der Waals surface area contributed by atoms with E-state index in [4.69, 9.17) is 16.7 Å². The molecule has 0 saturated carbocycles. The van der Waals surface area contributed by atoms with E-state index in [-0.39, 0.29) is 18.2 Å². The van der Waals surface area contributed by atoms with E-state index in [1.54, 1.807) is 6.92 Å². The van der Waals surface area contributed by atoms with Gasteiger partial charge in [-0.3, -0.25) is 9.59 Å². The van der Waals surface area contributed by atoms with Gasteiger partial charge in [-0.15, -0.1) is 0 Å². The van der Waals surface area contributed by atoms with Crippen molar-refractivity contribution in [2.75, 3.05) is 6.54 Å². The summed E-state index contributed by atoms with van der Waals surface area (Å²) in [4.78, 5) is 21.9. The molecule has 0 heterocycles.